The van der Waals surface area contributed by atoms with Gasteiger partial charge in [-0.15, -0.1) is 0 Å². The van der Waals surface area contributed by atoms with Gasteiger partial charge in [0.15, 0.2) is 0 Å². The Labute approximate surface area is 77.4 Å². The Kier molecular flexibility index (Phi) is 3.05. The second kappa shape index (κ2) is 3.85. The topological polar surface area (TPSA) is 29.4 Å². The SMILES string of the molecule is O=S=Nc1c(Cl)cccc1Cl. The third kappa shape index (κ3) is 2.02. The molecule has 0 saturated carbocycles. The molecular weight excluding hydrogens is 205 g/mol. The molecule has 0 atom stereocenters. The van der Waals surface area contributed by atoms with Crippen LogP contribution in [0.15, 0.2) is 22.6 Å². The summed E-state index contributed by atoms with van der Waals surface area (Å²) in [5.74, 6) is 0. The normalized spacial score (nSPS) is 9.27. The van der Waals surface area contributed by atoms with Crippen molar-refractivity contribution in [3.05, 3.63) is 28.2 Å². The average molecular weight is 208 g/mol. The first kappa shape index (κ1) is 8.71. The lowest BCUT2D eigenvalue weighted by Gasteiger charge is -1.95. The van der Waals surface area contributed by atoms with E-state index in [4.69, 9.17) is 23.2 Å². The van der Waals surface area contributed by atoms with Crippen molar-refractivity contribution in [1.29, 1.82) is 0 Å². The number of halogens is 2. The van der Waals surface area contributed by atoms with Crippen LogP contribution in [0.25, 0.3) is 0 Å². The summed E-state index contributed by atoms with van der Waals surface area (Å²) in [6.07, 6.45) is 0. The van der Waals surface area contributed by atoms with E-state index >= 15 is 0 Å². The van der Waals surface area contributed by atoms with E-state index in [9.17, 15) is 4.21 Å². The smallest absolute Gasteiger partial charge is 0.191 e. The van der Waals surface area contributed by atoms with Crippen molar-refractivity contribution in [2.75, 3.05) is 0 Å². The molecule has 0 heterocycles. The molecule has 1 rings (SSSR count). The van der Waals surface area contributed by atoms with Crippen molar-refractivity contribution in [2.45, 2.75) is 0 Å². The predicted octanol–water partition coefficient (Wildman–Crippen LogP) is 3.02. The third-order valence-corrected chi connectivity index (χ3v) is 1.93. The highest BCUT2D eigenvalue weighted by Gasteiger charge is 2.01. The van der Waals surface area contributed by atoms with Crippen LogP contribution in [0.4, 0.5) is 5.69 Å². The Hall–Kier alpha value is -0.380. The van der Waals surface area contributed by atoms with Crippen LogP contribution in [0.5, 0.6) is 0 Å². The van der Waals surface area contributed by atoms with Crippen LogP contribution in [-0.2, 0) is 11.5 Å². The van der Waals surface area contributed by atoms with Gasteiger partial charge in [-0.3, -0.25) is 0 Å². The number of rotatable bonds is 1. The highest BCUT2D eigenvalue weighted by Crippen LogP contribution is 2.31. The molecule has 0 aliphatic heterocycles. The molecule has 0 unspecified atom stereocenters. The van der Waals surface area contributed by atoms with E-state index in [1.54, 1.807) is 18.2 Å². The molecule has 0 bridgehead atoms. The van der Waals surface area contributed by atoms with E-state index in [1.807, 2.05) is 0 Å². The van der Waals surface area contributed by atoms with Gasteiger partial charge < -0.3 is 0 Å². The first-order chi connectivity index (χ1) is 5.25. The van der Waals surface area contributed by atoms with Gasteiger partial charge in [-0.25, -0.2) is 0 Å². The lowest BCUT2D eigenvalue weighted by molar-refractivity contribution is 0.698. The van der Waals surface area contributed by atoms with Gasteiger partial charge in [0.25, 0.3) is 0 Å². The molecule has 0 spiro atoms. The van der Waals surface area contributed by atoms with Crippen molar-refractivity contribution < 1.29 is 4.21 Å². The standard InChI is InChI=1S/C6H3Cl2NOS/c7-4-2-1-3-5(8)6(4)9-11-10/h1-3H. The van der Waals surface area contributed by atoms with Crippen molar-refractivity contribution in [1.82, 2.24) is 0 Å². The number of hydrogen-bond donors (Lipinski definition) is 0. The van der Waals surface area contributed by atoms with Gasteiger partial charge in [0, 0.05) is 0 Å². The summed E-state index contributed by atoms with van der Waals surface area (Å²) in [6, 6.07) is 4.95. The summed E-state index contributed by atoms with van der Waals surface area (Å²) >= 11 is 11.4. The van der Waals surface area contributed by atoms with E-state index in [0.29, 0.717) is 15.7 Å². The van der Waals surface area contributed by atoms with E-state index < -0.39 is 0 Å². The zero-order valence-electron chi connectivity index (χ0n) is 5.25. The molecule has 0 amide bonds. The van der Waals surface area contributed by atoms with Crippen molar-refractivity contribution in [2.24, 2.45) is 4.36 Å². The van der Waals surface area contributed by atoms with Crippen LogP contribution < -0.4 is 0 Å². The summed E-state index contributed by atoms with van der Waals surface area (Å²) in [7, 11) is 0. The van der Waals surface area contributed by atoms with Crippen LogP contribution in [0.3, 0.4) is 0 Å². The largest absolute Gasteiger partial charge is 0.205 e. The highest BCUT2D eigenvalue weighted by atomic mass is 35.5. The molecule has 0 aliphatic carbocycles. The molecule has 58 valence electrons. The Morgan fingerprint density at radius 2 is 1.82 bits per heavy atom. The highest BCUT2D eigenvalue weighted by molar-refractivity contribution is 7.54. The van der Waals surface area contributed by atoms with E-state index in [1.165, 1.54) is 0 Å². The minimum atomic E-state index is 0.0892. The first-order valence-corrected chi connectivity index (χ1v) is 4.15. The van der Waals surface area contributed by atoms with Crippen molar-refractivity contribution in [3.8, 4) is 0 Å². The van der Waals surface area contributed by atoms with Gasteiger partial charge in [-0.1, -0.05) is 29.3 Å². The van der Waals surface area contributed by atoms with Crippen LogP contribution in [0.2, 0.25) is 10.0 Å². The minimum Gasteiger partial charge on any atom is -0.191 e. The maximum atomic E-state index is 10.0. The van der Waals surface area contributed by atoms with Gasteiger partial charge in [0.2, 0.25) is 11.5 Å². The van der Waals surface area contributed by atoms with Crippen LogP contribution in [-0.4, -0.2) is 4.21 Å². The summed E-state index contributed by atoms with van der Waals surface area (Å²) in [4.78, 5) is 0. The van der Waals surface area contributed by atoms with Gasteiger partial charge in [0.05, 0.1) is 10.0 Å². The fraction of sp³-hybridized carbons (Fsp3) is 0. The molecule has 0 fully saturated rings. The molecule has 1 aromatic carbocycles. The van der Waals surface area contributed by atoms with Crippen LogP contribution in [0.1, 0.15) is 0 Å². The Balaban J connectivity index is 3.31. The molecule has 0 aromatic heterocycles. The molecule has 1 aromatic rings. The van der Waals surface area contributed by atoms with Crippen LogP contribution >= 0.6 is 23.2 Å². The molecule has 5 heteroatoms. The zero-order valence-corrected chi connectivity index (χ0v) is 7.58. The lowest BCUT2D eigenvalue weighted by Crippen LogP contribution is -1.68. The molecule has 11 heavy (non-hydrogen) atoms. The molecule has 0 radical (unpaired) electrons. The Morgan fingerprint density at radius 1 is 1.27 bits per heavy atom. The fourth-order valence-corrected chi connectivity index (χ4v) is 1.47. The number of nitrogens with zero attached hydrogens (tertiary/aromatic N) is 1. The van der Waals surface area contributed by atoms with Crippen LogP contribution in [0, 0.1) is 0 Å². The van der Waals surface area contributed by atoms with Crippen molar-refractivity contribution >= 4 is 40.4 Å². The average Bonchev–Trinajstić information content (AvgIpc) is 1.97. The number of hydrogen-bond acceptors (Lipinski definition) is 2. The fourth-order valence-electron chi connectivity index (χ4n) is 0.613. The number of benzene rings is 1. The summed E-state index contributed by atoms with van der Waals surface area (Å²) in [5, 5.41) is 0.779. The monoisotopic (exact) mass is 207 g/mol. The second-order valence-corrected chi connectivity index (χ2v) is 2.88. The molecular formula is C6H3Cl2NOS. The molecule has 0 aliphatic rings. The predicted molar refractivity (Wildman–Crippen MR) is 46.7 cm³/mol. The van der Waals surface area contributed by atoms with E-state index in [2.05, 4.69) is 4.36 Å². The van der Waals surface area contributed by atoms with Gasteiger partial charge in [-0.2, -0.15) is 8.57 Å². The Bertz CT molecular complexity index is 302. The summed E-state index contributed by atoms with van der Waals surface area (Å²) in [6.45, 7) is 0. The maximum absolute atomic E-state index is 10.0. The van der Waals surface area contributed by atoms with Gasteiger partial charge in [0.1, 0.15) is 5.69 Å². The maximum Gasteiger partial charge on any atom is 0.205 e. The van der Waals surface area contributed by atoms with E-state index in [0.717, 1.165) is 0 Å². The Morgan fingerprint density at radius 3 is 2.27 bits per heavy atom. The second-order valence-electron chi connectivity index (χ2n) is 1.74. The third-order valence-electron chi connectivity index (χ3n) is 1.07. The summed E-state index contributed by atoms with van der Waals surface area (Å²) in [5.41, 5.74) is 0.343. The van der Waals surface area contributed by atoms with E-state index in [-0.39, 0.29) is 11.5 Å². The van der Waals surface area contributed by atoms with Gasteiger partial charge in [-0.05, 0) is 12.1 Å². The lowest BCUT2D eigenvalue weighted by atomic mass is 10.3. The minimum absolute atomic E-state index is 0.0892. The molecule has 0 N–H and O–H groups in total. The quantitative estimate of drug-likeness (QED) is 0.697. The zero-order chi connectivity index (χ0) is 8.27. The first-order valence-electron chi connectivity index (χ1n) is 2.69. The van der Waals surface area contributed by atoms with Crippen molar-refractivity contribution in [3.63, 3.8) is 0 Å². The summed E-state index contributed by atoms with van der Waals surface area (Å²) < 4.78 is 13.5. The van der Waals surface area contributed by atoms with Gasteiger partial charge >= 0.3 is 0 Å². The molecule has 2 nitrogen and oxygen atoms in total. The molecule has 0 saturated heterocycles.